The molecule has 1 rings (SSSR count). The average Bonchev–Trinajstić information content (AvgIpc) is 2.64. The van der Waals surface area contributed by atoms with E-state index in [-0.39, 0.29) is 23.3 Å². The maximum absolute atomic E-state index is 11.4. The van der Waals surface area contributed by atoms with E-state index in [9.17, 15) is 9.59 Å². The highest BCUT2D eigenvalue weighted by Gasteiger charge is 2.07. The molecule has 0 saturated heterocycles. The lowest BCUT2D eigenvalue weighted by Gasteiger charge is -2.02. The number of hydrogen-bond donors (Lipinski definition) is 2. The summed E-state index contributed by atoms with van der Waals surface area (Å²) in [6.07, 6.45) is 0. The van der Waals surface area contributed by atoms with Crippen molar-refractivity contribution >= 4 is 29.4 Å². The maximum atomic E-state index is 11.4. The van der Waals surface area contributed by atoms with Gasteiger partial charge in [0.05, 0.1) is 11.5 Å². The summed E-state index contributed by atoms with van der Waals surface area (Å²) in [5.41, 5.74) is 0. The second-order valence-electron chi connectivity index (χ2n) is 3.32. The first-order valence-electron chi connectivity index (χ1n) is 5.19. The SMILES string of the molecule is CCNC(=O)CSCC(=O)Nc1cc(C)on1. The lowest BCUT2D eigenvalue weighted by atomic mass is 10.5. The van der Waals surface area contributed by atoms with Gasteiger partial charge in [-0.1, -0.05) is 5.16 Å². The Morgan fingerprint density at radius 2 is 2.12 bits per heavy atom. The Bertz CT molecular complexity index is 392. The summed E-state index contributed by atoms with van der Waals surface area (Å²) in [4.78, 5) is 22.5. The molecule has 0 aromatic carbocycles. The third kappa shape index (κ3) is 5.39. The molecule has 1 aromatic heterocycles. The second kappa shape index (κ2) is 6.95. The van der Waals surface area contributed by atoms with Gasteiger partial charge in [0, 0.05) is 12.6 Å². The lowest BCUT2D eigenvalue weighted by molar-refractivity contribution is -0.118. The van der Waals surface area contributed by atoms with Crippen LogP contribution < -0.4 is 10.6 Å². The van der Waals surface area contributed by atoms with Gasteiger partial charge in [0.25, 0.3) is 0 Å². The first kappa shape index (κ1) is 13.6. The van der Waals surface area contributed by atoms with Crippen molar-refractivity contribution in [1.82, 2.24) is 10.5 Å². The second-order valence-corrected chi connectivity index (χ2v) is 4.30. The molecular weight excluding hydrogens is 242 g/mol. The first-order valence-corrected chi connectivity index (χ1v) is 6.35. The molecule has 0 unspecified atom stereocenters. The van der Waals surface area contributed by atoms with E-state index in [2.05, 4.69) is 15.8 Å². The minimum Gasteiger partial charge on any atom is -0.360 e. The molecule has 0 radical (unpaired) electrons. The third-order valence-electron chi connectivity index (χ3n) is 1.74. The molecule has 0 aliphatic carbocycles. The fraction of sp³-hybridized carbons (Fsp3) is 0.500. The molecule has 2 amide bonds. The number of nitrogens with one attached hydrogen (secondary N) is 2. The van der Waals surface area contributed by atoms with Gasteiger partial charge in [0.1, 0.15) is 5.76 Å². The highest BCUT2D eigenvalue weighted by molar-refractivity contribution is 8.00. The van der Waals surface area contributed by atoms with Crippen molar-refractivity contribution in [2.45, 2.75) is 13.8 Å². The largest absolute Gasteiger partial charge is 0.360 e. The number of aromatic nitrogens is 1. The molecule has 0 aliphatic heterocycles. The standard InChI is InChI=1S/C10H15N3O3S/c1-3-11-9(14)5-17-6-10(15)12-8-4-7(2)16-13-8/h4H,3,5-6H2,1-2H3,(H,11,14)(H,12,13,15). The van der Waals surface area contributed by atoms with E-state index >= 15 is 0 Å². The van der Waals surface area contributed by atoms with Gasteiger partial charge >= 0.3 is 0 Å². The topological polar surface area (TPSA) is 84.2 Å². The molecule has 0 spiro atoms. The van der Waals surface area contributed by atoms with E-state index in [1.54, 1.807) is 13.0 Å². The van der Waals surface area contributed by atoms with Crippen molar-refractivity contribution in [3.63, 3.8) is 0 Å². The average molecular weight is 257 g/mol. The zero-order chi connectivity index (χ0) is 12.7. The molecule has 1 aromatic rings. The molecule has 2 N–H and O–H groups in total. The van der Waals surface area contributed by atoms with E-state index < -0.39 is 0 Å². The van der Waals surface area contributed by atoms with Crippen molar-refractivity contribution in [1.29, 1.82) is 0 Å². The van der Waals surface area contributed by atoms with E-state index in [1.165, 1.54) is 11.8 Å². The van der Waals surface area contributed by atoms with Crippen molar-refractivity contribution in [2.75, 3.05) is 23.4 Å². The number of carbonyl (C=O) groups excluding carboxylic acids is 2. The van der Waals surface area contributed by atoms with Crippen molar-refractivity contribution < 1.29 is 14.1 Å². The maximum Gasteiger partial charge on any atom is 0.235 e. The number of thioether (sulfide) groups is 1. The molecule has 17 heavy (non-hydrogen) atoms. The van der Waals surface area contributed by atoms with Crippen molar-refractivity contribution in [2.24, 2.45) is 0 Å². The van der Waals surface area contributed by atoms with Crippen LogP contribution in [0, 0.1) is 6.92 Å². The Kier molecular flexibility index (Phi) is 5.55. The van der Waals surface area contributed by atoms with Crippen LogP contribution in [0.4, 0.5) is 5.82 Å². The van der Waals surface area contributed by atoms with Crippen LogP contribution >= 0.6 is 11.8 Å². The Morgan fingerprint density at radius 1 is 1.41 bits per heavy atom. The van der Waals surface area contributed by atoms with Gasteiger partial charge in [-0.3, -0.25) is 9.59 Å². The summed E-state index contributed by atoms with van der Waals surface area (Å²) in [6, 6.07) is 1.63. The minimum absolute atomic E-state index is 0.0671. The normalized spacial score (nSPS) is 10.0. The van der Waals surface area contributed by atoms with Gasteiger partial charge in [-0.15, -0.1) is 11.8 Å². The number of amides is 2. The summed E-state index contributed by atoms with van der Waals surface area (Å²) in [5.74, 6) is 1.25. The van der Waals surface area contributed by atoms with Gasteiger partial charge in [-0.05, 0) is 13.8 Å². The highest BCUT2D eigenvalue weighted by Crippen LogP contribution is 2.08. The Morgan fingerprint density at radius 3 is 2.71 bits per heavy atom. The van der Waals surface area contributed by atoms with Gasteiger partial charge < -0.3 is 15.2 Å². The molecule has 0 fully saturated rings. The Hall–Kier alpha value is -1.50. The fourth-order valence-electron chi connectivity index (χ4n) is 1.09. The zero-order valence-corrected chi connectivity index (χ0v) is 10.6. The monoisotopic (exact) mass is 257 g/mol. The molecule has 0 aliphatic rings. The lowest BCUT2D eigenvalue weighted by Crippen LogP contribution is -2.25. The molecule has 0 saturated carbocycles. The Labute approximate surface area is 103 Å². The van der Waals surface area contributed by atoms with Crippen LogP contribution in [-0.4, -0.2) is 35.0 Å². The van der Waals surface area contributed by atoms with Crippen molar-refractivity contribution in [3.8, 4) is 0 Å². The predicted octanol–water partition coefficient (Wildman–Crippen LogP) is 0.791. The number of aryl methyl sites for hydroxylation is 1. The molecule has 0 atom stereocenters. The zero-order valence-electron chi connectivity index (χ0n) is 9.78. The Balaban J connectivity index is 2.19. The molecule has 94 valence electrons. The first-order chi connectivity index (χ1) is 8.11. The van der Waals surface area contributed by atoms with Crippen molar-refractivity contribution in [3.05, 3.63) is 11.8 Å². The third-order valence-corrected chi connectivity index (χ3v) is 2.67. The quantitative estimate of drug-likeness (QED) is 0.787. The molecule has 7 heteroatoms. The number of nitrogens with zero attached hydrogens (tertiary/aromatic N) is 1. The number of rotatable bonds is 6. The summed E-state index contributed by atoms with van der Waals surface area (Å²) >= 11 is 1.25. The van der Waals surface area contributed by atoms with Gasteiger partial charge in [-0.25, -0.2) is 0 Å². The number of carbonyl (C=O) groups is 2. The van der Waals surface area contributed by atoms with E-state index in [0.717, 1.165) is 0 Å². The molecule has 0 bridgehead atoms. The van der Waals surface area contributed by atoms with Crippen LogP contribution in [0.25, 0.3) is 0 Å². The van der Waals surface area contributed by atoms with E-state index in [4.69, 9.17) is 4.52 Å². The fourth-order valence-corrected chi connectivity index (χ4v) is 1.74. The van der Waals surface area contributed by atoms with Crippen LogP contribution in [0.5, 0.6) is 0 Å². The molecule has 6 nitrogen and oxygen atoms in total. The minimum atomic E-state index is -0.201. The van der Waals surface area contributed by atoms with Crippen LogP contribution in [0.3, 0.4) is 0 Å². The smallest absolute Gasteiger partial charge is 0.235 e. The van der Waals surface area contributed by atoms with Gasteiger partial charge in [0.2, 0.25) is 11.8 Å². The van der Waals surface area contributed by atoms with E-state index in [1.807, 2.05) is 6.92 Å². The molecular formula is C10H15N3O3S. The summed E-state index contributed by atoms with van der Waals surface area (Å²) < 4.78 is 4.80. The predicted molar refractivity (Wildman–Crippen MR) is 65.9 cm³/mol. The highest BCUT2D eigenvalue weighted by atomic mass is 32.2. The van der Waals surface area contributed by atoms with Crippen LogP contribution in [0.1, 0.15) is 12.7 Å². The van der Waals surface area contributed by atoms with Gasteiger partial charge in [-0.2, -0.15) is 0 Å². The van der Waals surface area contributed by atoms with Crippen LogP contribution in [-0.2, 0) is 9.59 Å². The van der Waals surface area contributed by atoms with E-state index in [0.29, 0.717) is 18.1 Å². The summed E-state index contributed by atoms with van der Waals surface area (Å²) in [7, 11) is 0. The van der Waals surface area contributed by atoms with Gasteiger partial charge in [0.15, 0.2) is 5.82 Å². The summed E-state index contributed by atoms with van der Waals surface area (Å²) in [6.45, 7) is 4.19. The molecule has 1 heterocycles. The number of anilines is 1. The number of hydrogen-bond acceptors (Lipinski definition) is 5. The van der Waals surface area contributed by atoms with Crippen LogP contribution in [0.2, 0.25) is 0 Å². The van der Waals surface area contributed by atoms with Crippen LogP contribution in [0.15, 0.2) is 10.6 Å². The summed E-state index contributed by atoms with van der Waals surface area (Å²) in [5, 5.41) is 8.86.